The van der Waals surface area contributed by atoms with Crippen LogP contribution in [0.5, 0.6) is 5.75 Å². The second-order valence-electron chi connectivity index (χ2n) is 4.13. The van der Waals surface area contributed by atoms with E-state index in [2.05, 4.69) is 18.3 Å². The largest absolute Gasteiger partial charge is 0.497 e. The zero-order chi connectivity index (χ0) is 13.4. The first-order valence-electron chi connectivity index (χ1n) is 6.11. The minimum atomic E-state index is 0.188. The first kappa shape index (κ1) is 15.0. The molecule has 18 heavy (non-hydrogen) atoms. The summed E-state index contributed by atoms with van der Waals surface area (Å²) in [5.74, 6) is 0.881. The smallest absolute Gasteiger partial charge is 0.119 e. The lowest BCUT2D eigenvalue weighted by atomic mass is 10.0. The summed E-state index contributed by atoms with van der Waals surface area (Å²) in [7, 11) is 5.29. The number of ether oxygens (including phenoxy) is 3. The molecule has 0 aliphatic carbocycles. The van der Waals surface area contributed by atoms with Crippen molar-refractivity contribution < 1.29 is 14.2 Å². The number of nitrogens with one attached hydrogen (secondary N) is 1. The fourth-order valence-corrected chi connectivity index (χ4v) is 1.84. The SMILES string of the molecule is CNC(COCCOC)c1ccc(OC)cc1C. The molecular formula is C14H23NO3. The zero-order valence-corrected chi connectivity index (χ0v) is 11.7. The monoisotopic (exact) mass is 253 g/mol. The Kier molecular flexibility index (Phi) is 6.72. The van der Waals surface area contributed by atoms with Crippen molar-refractivity contribution in [3.63, 3.8) is 0 Å². The Morgan fingerprint density at radius 2 is 2.00 bits per heavy atom. The summed E-state index contributed by atoms with van der Waals surface area (Å²) in [5, 5.41) is 3.27. The van der Waals surface area contributed by atoms with Crippen molar-refractivity contribution in [3.05, 3.63) is 29.3 Å². The lowest BCUT2D eigenvalue weighted by Crippen LogP contribution is -2.23. The maximum absolute atomic E-state index is 5.57. The van der Waals surface area contributed by atoms with Gasteiger partial charge in [0.25, 0.3) is 0 Å². The predicted molar refractivity (Wildman–Crippen MR) is 72.2 cm³/mol. The number of rotatable bonds is 8. The third-order valence-corrected chi connectivity index (χ3v) is 2.92. The average molecular weight is 253 g/mol. The Morgan fingerprint density at radius 1 is 1.22 bits per heavy atom. The molecule has 4 nitrogen and oxygen atoms in total. The Labute approximate surface area is 109 Å². The molecule has 1 rings (SSSR count). The first-order chi connectivity index (χ1) is 8.72. The lowest BCUT2D eigenvalue weighted by Gasteiger charge is -2.19. The highest BCUT2D eigenvalue weighted by Gasteiger charge is 2.12. The first-order valence-corrected chi connectivity index (χ1v) is 6.11. The molecule has 102 valence electrons. The van der Waals surface area contributed by atoms with Crippen LogP contribution in [-0.2, 0) is 9.47 Å². The molecule has 0 heterocycles. The van der Waals surface area contributed by atoms with Gasteiger partial charge in [-0.2, -0.15) is 0 Å². The molecule has 0 aliphatic rings. The number of hydrogen-bond donors (Lipinski definition) is 1. The Bertz CT molecular complexity index is 355. The molecule has 0 saturated heterocycles. The normalized spacial score (nSPS) is 12.4. The van der Waals surface area contributed by atoms with Gasteiger partial charge in [0, 0.05) is 7.11 Å². The summed E-state index contributed by atoms with van der Waals surface area (Å²) in [4.78, 5) is 0. The van der Waals surface area contributed by atoms with Gasteiger partial charge in [0.05, 0.1) is 33.0 Å². The quantitative estimate of drug-likeness (QED) is 0.719. The fraction of sp³-hybridized carbons (Fsp3) is 0.571. The fourth-order valence-electron chi connectivity index (χ4n) is 1.84. The average Bonchev–Trinajstić information content (AvgIpc) is 2.39. The number of hydrogen-bond acceptors (Lipinski definition) is 4. The van der Waals surface area contributed by atoms with Crippen LogP contribution in [0.1, 0.15) is 17.2 Å². The van der Waals surface area contributed by atoms with Gasteiger partial charge in [-0.15, -0.1) is 0 Å². The van der Waals surface area contributed by atoms with Crippen molar-refractivity contribution in [2.45, 2.75) is 13.0 Å². The van der Waals surface area contributed by atoms with Gasteiger partial charge in [-0.3, -0.25) is 0 Å². The third kappa shape index (κ3) is 4.29. The molecule has 1 aromatic rings. The third-order valence-electron chi connectivity index (χ3n) is 2.92. The molecular weight excluding hydrogens is 230 g/mol. The van der Waals surface area contributed by atoms with Crippen molar-refractivity contribution in [1.82, 2.24) is 5.32 Å². The van der Waals surface area contributed by atoms with E-state index in [0.29, 0.717) is 19.8 Å². The van der Waals surface area contributed by atoms with E-state index in [-0.39, 0.29) is 6.04 Å². The highest BCUT2D eigenvalue weighted by molar-refractivity contribution is 5.36. The zero-order valence-electron chi connectivity index (χ0n) is 11.7. The minimum absolute atomic E-state index is 0.188. The summed E-state index contributed by atoms with van der Waals surface area (Å²) >= 11 is 0. The van der Waals surface area contributed by atoms with Gasteiger partial charge in [0.1, 0.15) is 5.75 Å². The van der Waals surface area contributed by atoms with Crippen molar-refractivity contribution in [1.29, 1.82) is 0 Å². The van der Waals surface area contributed by atoms with Gasteiger partial charge in [-0.05, 0) is 37.2 Å². The molecule has 0 amide bonds. The maximum Gasteiger partial charge on any atom is 0.119 e. The second-order valence-corrected chi connectivity index (χ2v) is 4.13. The summed E-state index contributed by atoms with van der Waals surface area (Å²) in [5.41, 5.74) is 2.43. The van der Waals surface area contributed by atoms with E-state index in [9.17, 15) is 0 Å². The van der Waals surface area contributed by atoms with E-state index in [1.807, 2.05) is 19.2 Å². The minimum Gasteiger partial charge on any atom is -0.497 e. The van der Waals surface area contributed by atoms with E-state index in [1.54, 1.807) is 14.2 Å². The molecule has 0 spiro atoms. The molecule has 1 N–H and O–H groups in total. The standard InChI is InChI=1S/C14H23NO3/c1-11-9-12(17-4)5-6-13(11)14(15-2)10-18-8-7-16-3/h5-6,9,14-15H,7-8,10H2,1-4H3. The Hall–Kier alpha value is -1.10. The molecule has 1 aromatic carbocycles. The number of benzene rings is 1. The van der Waals surface area contributed by atoms with Crippen LogP contribution in [0.15, 0.2) is 18.2 Å². The molecule has 0 bridgehead atoms. The topological polar surface area (TPSA) is 39.7 Å². The van der Waals surface area contributed by atoms with Crippen LogP contribution < -0.4 is 10.1 Å². The summed E-state index contributed by atoms with van der Waals surface area (Å²) in [6.07, 6.45) is 0. The maximum atomic E-state index is 5.57. The summed E-state index contributed by atoms with van der Waals surface area (Å²) in [6.45, 7) is 3.95. The van der Waals surface area contributed by atoms with Crippen molar-refractivity contribution >= 4 is 0 Å². The van der Waals surface area contributed by atoms with E-state index < -0.39 is 0 Å². The molecule has 1 unspecified atom stereocenters. The van der Waals surface area contributed by atoms with Crippen LogP contribution in [0, 0.1) is 6.92 Å². The van der Waals surface area contributed by atoms with Crippen LogP contribution in [0.25, 0.3) is 0 Å². The van der Waals surface area contributed by atoms with Crippen molar-refractivity contribution in [2.75, 3.05) is 41.1 Å². The lowest BCUT2D eigenvalue weighted by molar-refractivity contribution is 0.0595. The van der Waals surface area contributed by atoms with Crippen LogP contribution in [0.3, 0.4) is 0 Å². The van der Waals surface area contributed by atoms with Gasteiger partial charge in [-0.25, -0.2) is 0 Å². The van der Waals surface area contributed by atoms with Crippen LogP contribution in [-0.4, -0.2) is 41.1 Å². The molecule has 1 atom stereocenters. The van der Waals surface area contributed by atoms with Gasteiger partial charge in [0.15, 0.2) is 0 Å². The van der Waals surface area contributed by atoms with E-state index in [1.165, 1.54) is 11.1 Å². The molecule has 0 saturated carbocycles. The van der Waals surface area contributed by atoms with E-state index >= 15 is 0 Å². The van der Waals surface area contributed by atoms with E-state index in [4.69, 9.17) is 14.2 Å². The van der Waals surface area contributed by atoms with Crippen LogP contribution in [0.4, 0.5) is 0 Å². The molecule has 0 aliphatic heterocycles. The summed E-state index contributed by atoms with van der Waals surface area (Å²) < 4.78 is 15.7. The van der Waals surface area contributed by atoms with Crippen molar-refractivity contribution in [3.8, 4) is 5.75 Å². The number of likely N-dealkylation sites (N-methyl/N-ethyl adjacent to an activating group) is 1. The highest BCUT2D eigenvalue weighted by Crippen LogP contribution is 2.22. The second kappa shape index (κ2) is 8.08. The highest BCUT2D eigenvalue weighted by atomic mass is 16.5. The molecule has 0 aromatic heterocycles. The molecule has 0 fully saturated rings. The predicted octanol–water partition coefficient (Wildman–Crippen LogP) is 1.93. The van der Waals surface area contributed by atoms with Crippen LogP contribution in [0.2, 0.25) is 0 Å². The van der Waals surface area contributed by atoms with Gasteiger partial charge >= 0.3 is 0 Å². The van der Waals surface area contributed by atoms with Crippen molar-refractivity contribution in [2.24, 2.45) is 0 Å². The Morgan fingerprint density at radius 3 is 2.56 bits per heavy atom. The van der Waals surface area contributed by atoms with Gasteiger partial charge in [0.2, 0.25) is 0 Å². The van der Waals surface area contributed by atoms with Crippen LogP contribution >= 0.6 is 0 Å². The Balaban J connectivity index is 2.63. The van der Waals surface area contributed by atoms with E-state index in [0.717, 1.165) is 5.75 Å². The summed E-state index contributed by atoms with van der Waals surface area (Å²) in [6, 6.07) is 6.28. The van der Waals surface area contributed by atoms with Gasteiger partial charge < -0.3 is 19.5 Å². The number of methoxy groups -OCH3 is 2. The van der Waals surface area contributed by atoms with Gasteiger partial charge in [-0.1, -0.05) is 6.07 Å². The molecule has 4 heteroatoms. The molecule has 0 radical (unpaired) electrons. The number of aryl methyl sites for hydroxylation is 1.